The first-order valence-corrected chi connectivity index (χ1v) is 9.91. The maximum Gasteiger partial charge on any atom is 0.234 e. The molecule has 0 unspecified atom stereocenters. The van der Waals surface area contributed by atoms with E-state index in [2.05, 4.69) is 41.4 Å². The molecule has 0 radical (unpaired) electrons. The summed E-state index contributed by atoms with van der Waals surface area (Å²) < 4.78 is 5.91. The van der Waals surface area contributed by atoms with E-state index in [9.17, 15) is 4.79 Å². The molecule has 3 rings (SSSR count). The van der Waals surface area contributed by atoms with Crippen LogP contribution >= 0.6 is 0 Å². The minimum Gasteiger partial charge on any atom is -0.378 e. The molecular weight excluding hydrogens is 312 g/mol. The summed E-state index contributed by atoms with van der Waals surface area (Å²) in [4.78, 5) is 14.5. The molecule has 0 aromatic heterocycles. The van der Waals surface area contributed by atoms with Gasteiger partial charge in [-0.15, -0.1) is 0 Å². The molecule has 1 aromatic rings. The maximum atomic E-state index is 12.2. The lowest BCUT2D eigenvalue weighted by Gasteiger charge is -2.46. The van der Waals surface area contributed by atoms with Crippen molar-refractivity contribution >= 4 is 5.91 Å². The van der Waals surface area contributed by atoms with Gasteiger partial charge in [-0.05, 0) is 30.7 Å². The summed E-state index contributed by atoms with van der Waals surface area (Å²) in [6.07, 6.45) is 7.74. The van der Waals surface area contributed by atoms with Gasteiger partial charge >= 0.3 is 0 Å². The molecule has 1 heterocycles. The summed E-state index contributed by atoms with van der Waals surface area (Å²) in [7, 11) is 0. The zero-order chi connectivity index (χ0) is 17.5. The minimum absolute atomic E-state index is 0.130. The van der Waals surface area contributed by atoms with Crippen molar-refractivity contribution in [1.29, 1.82) is 0 Å². The van der Waals surface area contributed by atoms with Crippen LogP contribution in [0.1, 0.15) is 57.1 Å². The van der Waals surface area contributed by atoms with Gasteiger partial charge in [0.05, 0.1) is 12.6 Å². The predicted molar refractivity (Wildman–Crippen MR) is 100 cm³/mol. The summed E-state index contributed by atoms with van der Waals surface area (Å²) in [5.74, 6) is 0.740. The van der Waals surface area contributed by atoms with Gasteiger partial charge < -0.3 is 10.1 Å². The fourth-order valence-electron chi connectivity index (χ4n) is 4.18. The van der Waals surface area contributed by atoms with E-state index < -0.39 is 0 Å². The van der Waals surface area contributed by atoms with Crippen LogP contribution in [-0.4, -0.2) is 43.2 Å². The molecule has 1 aromatic carbocycles. The second-order valence-corrected chi connectivity index (χ2v) is 7.60. The lowest BCUT2D eigenvalue weighted by Crippen LogP contribution is -2.52. The Balaban J connectivity index is 1.31. The van der Waals surface area contributed by atoms with Gasteiger partial charge in [-0.3, -0.25) is 9.69 Å². The van der Waals surface area contributed by atoms with Crippen molar-refractivity contribution in [2.45, 2.75) is 57.6 Å². The highest BCUT2D eigenvalue weighted by Gasteiger charge is 2.37. The van der Waals surface area contributed by atoms with Crippen molar-refractivity contribution in [2.75, 3.05) is 26.2 Å². The Morgan fingerprint density at radius 2 is 1.96 bits per heavy atom. The lowest BCUT2D eigenvalue weighted by atomic mass is 9.85. The van der Waals surface area contributed by atoms with Gasteiger partial charge in [0.15, 0.2) is 0 Å². The standard InChI is InChI=1S/C21H32N2O2/c1-17-15-23(21(17)18-9-4-2-5-10-18)16-20(24)22-13-8-14-25-19-11-6-3-7-12-19/h2,4-5,9-10,17,19,21H,3,6-8,11-16H2,1H3,(H,22,24)/t17-,21-/m1/s1. The van der Waals surface area contributed by atoms with E-state index in [1.54, 1.807) is 0 Å². The molecule has 0 spiro atoms. The Kier molecular flexibility index (Phi) is 6.88. The first-order valence-electron chi connectivity index (χ1n) is 9.91. The number of hydrogen-bond acceptors (Lipinski definition) is 3. The predicted octanol–water partition coefficient (Wildman–Crippen LogP) is 3.54. The molecule has 138 valence electrons. The van der Waals surface area contributed by atoms with Crippen molar-refractivity contribution in [3.05, 3.63) is 35.9 Å². The van der Waals surface area contributed by atoms with Crippen LogP contribution in [0.5, 0.6) is 0 Å². The molecule has 1 aliphatic carbocycles. The van der Waals surface area contributed by atoms with Gasteiger partial charge in [-0.1, -0.05) is 56.5 Å². The van der Waals surface area contributed by atoms with Crippen molar-refractivity contribution in [2.24, 2.45) is 5.92 Å². The number of hydrogen-bond donors (Lipinski definition) is 1. The Morgan fingerprint density at radius 1 is 1.20 bits per heavy atom. The molecule has 4 heteroatoms. The van der Waals surface area contributed by atoms with Crippen LogP contribution in [0.2, 0.25) is 0 Å². The largest absolute Gasteiger partial charge is 0.378 e. The van der Waals surface area contributed by atoms with E-state index in [0.717, 1.165) is 19.6 Å². The highest BCUT2D eigenvalue weighted by atomic mass is 16.5. The van der Waals surface area contributed by atoms with Gasteiger partial charge in [-0.2, -0.15) is 0 Å². The van der Waals surface area contributed by atoms with Gasteiger partial charge in [0, 0.05) is 25.7 Å². The topological polar surface area (TPSA) is 41.6 Å². The average molecular weight is 344 g/mol. The van der Waals surface area contributed by atoms with Crippen LogP contribution in [-0.2, 0) is 9.53 Å². The zero-order valence-corrected chi connectivity index (χ0v) is 15.5. The monoisotopic (exact) mass is 344 g/mol. The second-order valence-electron chi connectivity index (χ2n) is 7.60. The van der Waals surface area contributed by atoms with Crippen LogP contribution in [0.15, 0.2) is 30.3 Å². The van der Waals surface area contributed by atoms with E-state index in [4.69, 9.17) is 4.74 Å². The Bertz CT molecular complexity index is 528. The number of nitrogens with one attached hydrogen (secondary N) is 1. The van der Waals surface area contributed by atoms with Gasteiger partial charge in [0.2, 0.25) is 5.91 Å². The summed E-state index contributed by atoms with van der Waals surface area (Å²) >= 11 is 0. The molecule has 1 N–H and O–H groups in total. The zero-order valence-electron chi connectivity index (χ0n) is 15.5. The van der Waals surface area contributed by atoms with Crippen LogP contribution < -0.4 is 5.32 Å². The molecule has 1 aliphatic heterocycles. The summed E-state index contributed by atoms with van der Waals surface area (Å²) in [6.45, 7) is 5.23. The van der Waals surface area contributed by atoms with Gasteiger partial charge in [-0.25, -0.2) is 0 Å². The average Bonchev–Trinajstić information content (AvgIpc) is 2.62. The molecule has 2 atom stereocenters. The lowest BCUT2D eigenvalue weighted by molar-refractivity contribution is -0.125. The molecule has 4 nitrogen and oxygen atoms in total. The number of nitrogens with zero attached hydrogens (tertiary/aromatic N) is 1. The number of carbonyl (C=O) groups is 1. The SMILES string of the molecule is C[C@@H]1CN(CC(=O)NCCCOC2CCCCC2)[C@H]1c1ccccc1. The quantitative estimate of drug-likeness (QED) is 0.734. The fraction of sp³-hybridized carbons (Fsp3) is 0.667. The third-order valence-corrected chi connectivity index (χ3v) is 5.49. The van der Waals surface area contributed by atoms with Crippen LogP contribution in [0.25, 0.3) is 0 Å². The highest BCUT2D eigenvalue weighted by Crippen LogP contribution is 2.37. The minimum atomic E-state index is 0.130. The van der Waals surface area contributed by atoms with Crippen molar-refractivity contribution < 1.29 is 9.53 Å². The van der Waals surface area contributed by atoms with E-state index in [-0.39, 0.29) is 5.91 Å². The smallest absolute Gasteiger partial charge is 0.234 e. The van der Waals surface area contributed by atoms with Crippen molar-refractivity contribution in [3.63, 3.8) is 0 Å². The van der Waals surface area contributed by atoms with E-state index in [1.165, 1.54) is 37.7 Å². The molecule has 2 aliphatic rings. The van der Waals surface area contributed by atoms with Crippen LogP contribution in [0.4, 0.5) is 0 Å². The third-order valence-electron chi connectivity index (χ3n) is 5.49. The van der Waals surface area contributed by atoms with E-state index in [1.807, 2.05) is 6.07 Å². The molecular formula is C21H32N2O2. The van der Waals surface area contributed by atoms with Crippen molar-refractivity contribution in [1.82, 2.24) is 10.2 Å². The number of amides is 1. The molecule has 1 saturated carbocycles. The summed E-state index contributed by atoms with van der Waals surface area (Å²) in [5, 5.41) is 3.05. The Labute approximate surface area is 151 Å². The maximum absolute atomic E-state index is 12.2. The number of carbonyl (C=O) groups excluding carboxylic acids is 1. The number of benzene rings is 1. The summed E-state index contributed by atoms with van der Waals surface area (Å²) in [6, 6.07) is 10.9. The molecule has 25 heavy (non-hydrogen) atoms. The number of likely N-dealkylation sites (tertiary alicyclic amines) is 1. The summed E-state index contributed by atoms with van der Waals surface area (Å²) in [5.41, 5.74) is 1.31. The Morgan fingerprint density at radius 3 is 2.68 bits per heavy atom. The molecule has 1 amide bonds. The van der Waals surface area contributed by atoms with Crippen LogP contribution in [0, 0.1) is 5.92 Å². The van der Waals surface area contributed by atoms with Crippen molar-refractivity contribution in [3.8, 4) is 0 Å². The normalized spacial score (nSPS) is 24.7. The third kappa shape index (κ3) is 5.29. The van der Waals surface area contributed by atoms with Crippen LogP contribution in [0.3, 0.4) is 0 Å². The van der Waals surface area contributed by atoms with E-state index in [0.29, 0.717) is 31.2 Å². The fourth-order valence-corrected chi connectivity index (χ4v) is 4.18. The van der Waals surface area contributed by atoms with E-state index >= 15 is 0 Å². The molecule has 2 fully saturated rings. The van der Waals surface area contributed by atoms with Gasteiger partial charge in [0.25, 0.3) is 0 Å². The van der Waals surface area contributed by atoms with Gasteiger partial charge in [0.1, 0.15) is 0 Å². The molecule has 1 saturated heterocycles. The number of rotatable bonds is 8. The first-order chi connectivity index (χ1) is 12.2. The number of ether oxygens (including phenoxy) is 1. The Hall–Kier alpha value is -1.39. The first kappa shape index (κ1) is 18.4. The second kappa shape index (κ2) is 9.35. The highest BCUT2D eigenvalue weighted by molar-refractivity contribution is 5.78. The molecule has 0 bridgehead atoms.